The van der Waals surface area contributed by atoms with E-state index in [9.17, 15) is 9.90 Å². The van der Waals surface area contributed by atoms with Crippen molar-refractivity contribution in [3.8, 4) is 0 Å². The predicted molar refractivity (Wildman–Crippen MR) is 60.1 cm³/mol. The van der Waals surface area contributed by atoms with Crippen LogP contribution in [0.25, 0.3) is 0 Å². The summed E-state index contributed by atoms with van der Waals surface area (Å²) in [5.41, 5.74) is 0.922. The second kappa shape index (κ2) is 5.65. The van der Waals surface area contributed by atoms with Gasteiger partial charge in [-0.25, -0.2) is 4.79 Å². The minimum Gasteiger partial charge on any atom is -0.445 e. The highest BCUT2D eigenvalue weighted by Crippen LogP contribution is 2.11. The molecule has 1 aliphatic heterocycles. The molecular weight excluding hydrogens is 222 g/mol. The third kappa shape index (κ3) is 3.44. The first-order chi connectivity index (χ1) is 8.25. The number of benzene rings is 1. The summed E-state index contributed by atoms with van der Waals surface area (Å²) in [6, 6.07) is 9.03. The zero-order valence-electron chi connectivity index (χ0n) is 9.33. The lowest BCUT2D eigenvalue weighted by Gasteiger charge is -2.14. The first-order valence-electron chi connectivity index (χ1n) is 5.52. The van der Waals surface area contributed by atoms with Crippen molar-refractivity contribution in [1.82, 2.24) is 5.32 Å². The van der Waals surface area contributed by atoms with Gasteiger partial charge in [-0.3, -0.25) is 0 Å². The Morgan fingerprint density at radius 2 is 2.24 bits per heavy atom. The fourth-order valence-electron chi connectivity index (χ4n) is 1.63. The van der Waals surface area contributed by atoms with Crippen LogP contribution in [0.15, 0.2) is 30.3 Å². The van der Waals surface area contributed by atoms with Crippen LogP contribution in [0, 0.1) is 0 Å². The number of nitrogens with one attached hydrogen (secondary N) is 1. The largest absolute Gasteiger partial charge is 0.445 e. The van der Waals surface area contributed by atoms with Crippen LogP contribution in [-0.2, 0) is 16.1 Å². The van der Waals surface area contributed by atoms with Crippen molar-refractivity contribution < 1.29 is 19.4 Å². The first kappa shape index (κ1) is 11.9. The molecule has 0 bridgehead atoms. The van der Waals surface area contributed by atoms with Crippen LogP contribution >= 0.6 is 0 Å². The van der Waals surface area contributed by atoms with Gasteiger partial charge in [-0.15, -0.1) is 0 Å². The smallest absolute Gasteiger partial charge is 0.407 e. The SMILES string of the molecule is O=C(N[C@@H]1CCOC1O)OCc1ccccc1. The van der Waals surface area contributed by atoms with Crippen LogP contribution in [-0.4, -0.2) is 30.1 Å². The number of carbonyl (C=O) groups is 1. The van der Waals surface area contributed by atoms with Gasteiger partial charge in [0.05, 0.1) is 12.6 Å². The minimum atomic E-state index is -0.931. The first-order valence-corrected chi connectivity index (χ1v) is 5.52. The molecule has 2 atom stereocenters. The van der Waals surface area contributed by atoms with Gasteiger partial charge >= 0.3 is 6.09 Å². The number of amides is 1. The van der Waals surface area contributed by atoms with E-state index in [1.807, 2.05) is 30.3 Å². The fourth-order valence-corrected chi connectivity index (χ4v) is 1.63. The highest BCUT2D eigenvalue weighted by molar-refractivity contribution is 5.67. The van der Waals surface area contributed by atoms with Crippen LogP contribution < -0.4 is 5.32 Å². The van der Waals surface area contributed by atoms with Crippen molar-refractivity contribution in [1.29, 1.82) is 0 Å². The van der Waals surface area contributed by atoms with E-state index in [1.54, 1.807) is 0 Å². The maximum absolute atomic E-state index is 11.4. The van der Waals surface area contributed by atoms with Crippen LogP contribution in [0.2, 0.25) is 0 Å². The number of carbonyl (C=O) groups excluding carboxylic acids is 1. The topological polar surface area (TPSA) is 67.8 Å². The van der Waals surface area contributed by atoms with Gasteiger partial charge in [0.15, 0.2) is 6.29 Å². The fraction of sp³-hybridized carbons (Fsp3) is 0.417. The van der Waals surface area contributed by atoms with Crippen molar-refractivity contribution in [2.75, 3.05) is 6.61 Å². The lowest BCUT2D eigenvalue weighted by atomic mass is 10.2. The summed E-state index contributed by atoms with van der Waals surface area (Å²) < 4.78 is 9.94. The zero-order chi connectivity index (χ0) is 12.1. The van der Waals surface area contributed by atoms with Crippen molar-refractivity contribution in [2.45, 2.75) is 25.4 Å². The van der Waals surface area contributed by atoms with E-state index >= 15 is 0 Å². The summed E-state index contributed by atoms with van der Waals surface area (Å²) in [6.45, 7) is 0.668. The highest BCUT2D eigenvalue weighted by atomic mass is 16.6. The second-order valence-corrected chi connectivity index (χ2v) is 3.86. The summed E-state index contributed by atoms with van der Waals surface area (Å²) in [4.78, 5) is 11.4. The Kier molecular flexibility index (Phi) is 3.95. The van der Waals surface area contributed by atoms with E-state index in [0.29, 0.717) is 13.0 Å². The maximum Gasteiger partial charge on any atom is 0.407 e. The summed E-state index contributed by atoms with van der Waals surface area (Å²) in [5.74, 6) is 0. The molecule has 92 valence electrons. The molecule has 0 aliphatic carbocycles. The molecule has 5 nitrogen and oxygen atoms in total. The Balaban J connectivity index is 1.74. The molecule has 1 fully saturated rings. The standard InChI is InChI=1S/C12H15NO4/c14-11-10(6-7-16-11)13-12(15)17-8-9-4-2-1-3-5-9/h1-5,10-11,14H,6-8H2,(H,13,15)/t10-,11?/m1/s1. The molecule has 2 rings (SSSR count). The lowest BCUT2D eigenvalue weighted by Crippen LogP contribution is -2.40. The van der Waals surface area contributed by atoms with Gasteiger partial charge in [-0.2, -0.15) is 0 Å². The van der Waals surface area contributed by atoms with Gasteiger partial charge in [0.1, 0.15) is 6.61 Å². The second-order valence-electron chi connectivity index (χ2n) is 3.86. The van der Waals surface area contributed by atoms with Gasteiger partial charge in [0, 0.05) is 0 Å². The third-order valence-corrected chi connectivity index (χ3v) is 2.58. The normalized spacial score (nSPS) is 23.4. The Labute approximate surface area is 99.3 Å². The summed E-state index contributed by atoms with van der Waals surface area (Å²) in [6.07, 6.45) is -0.871. The molecular formula is C12H15NO4. The van der Waals surface area contributed by atoms with E-state index in [0.717, 1.165) is 5.56 Å². The van der Waals surface area contributed by atoms with E-state index in [-0.39, 0.29) is 12.6 Å². The van der Waals surface area contributed by atoms with Crippen molar-refractivity contribution in [3.05, 3.63) is 35.9 Å². The number of alkyl carbamates (subject to hydrolysis) is 1. The molecule has 0 aromatic heterocycles. The molecule has 0 saturated carbocycles. The molecule has 1 unspecified atom stereocenters. The Morgan fingerprint density at radius 1 is 1.47 bits per heavy atom. The molecule has 1 aliphatic rings. The van der Waals surface area contributed by atoms with E-state index in [1.165, 1.54) is 0 Å². The molecule has 0 spiro atoms. The lowest BCUT2D eigenvalue weighted by molar-refractivity contribution is -0.0712. The molecule has 0 radical (unpaired) electrons. The third-order valence-electron chi connectivity index (χ3n) is 2.58. The summed E-state index contributed by atoms with van der Waals surface area (Å²) in [7, 11) is 0. The summed E-state index contributed by atoms with van der Waals surface area (Å²) >= 11 is 0. The van der Waals surface area contributed by atoms with E-state index in [2.05, 4.69) is 5.32 Å². The van der Waals surface area contributed by atoms with Gasteiger partial charge in [0.25, 0.3) is 0 Å². The number of hydrogen-bond donors (Lipinski definition) is 2. The Morgan fingerprint density at radius 3 is 2.88 bits per heavy atom. The molecule has 1 saturated heterocycles. The average molecular weight is 237 g/mol. The van der Waals surface area contributed by atoms with Crippen LogP contribution in [0.3, 0.4) is 0 Å². The van der Waals surface area contributed by atoms with Gasteiger partial charge in [-0.1, -0.05) is 30.3 Å². The quantitative estimate of drug-likeness (QED) is 0.823. The monoisotopic (exact) mass is 237 g/mol. The molecule has 1 aromatic rings. The Hall–Kier alpha value is -1.59. The molecule has 1 aromatic carbocycles. The predicted octanol–water partition coefficient (Wildman–Crippen LogP) is 1.02. The van der Waals surface area contributed by atoms with Crippen LogP contribution in [0.1, 0.15) is 12.0 Å². The van der Waals surface area contributed by atoms with Crippen molar-refractivity contribution in [3.63, 3.8) is 0 Å². The van der Waals surface area contributed by atoms with Gasteiger partial charge < -0.3 is 19.9 Å². The number of hydrogen-bond acceptors (Lipinski definition) is 4. The molecule has 1 heterocycles. The maximum atomic E-state index is 11.4. The molecule has 17 heavy (non-hydrogen) atoms. The van der Waals surface area contributed by atoms with Crippen LogP contribution in [0.4, 0.5) is 4.79 Å². The van der Waals surface area contributed by atoms with Crippen molar-refractivity contribution in [2.24, 2.45) is 0 Å². The number of rotatable bonds is 3. The van der Waals surface area contributed by atoms with Gasteiger partial charge in [-0.05, 0) is 12.0 Å². The number of aliphatic hydroxyl groups excluding tert-OH is 1. The van der Waals surface area contributed by atoms with Crippen molar-refractivity contribution >= 4 is 6.09 Å². The van der Waals surface area contributed by atoms with Crippen LogP contribution in [0.5, 0.6) is 0 Å². The highest BCUT2D eigenvalue weighted by Gasteiger charge is 2.27. The zero-order valence-corrected chi connectivity index (χ0v) is 9.33. The molecule has 2 N–H and O–H groups in total. The van der Waals surface area contributed by atoms with E-state index < -0.39 is 12.4 Å². The summed E-state index contributed by atoms with van der Waals surface area (Å²) in [5, 5.41) is 11.9. The Bertz CT molecular complexity index is 368. The number of aliphatic hydroxyl groups is 1. The van der Waals surface area contributed by atoms with Gasteiger partial charge in [0.2, 0.25) is 0 Å². The minimum absolute atomic E-state index is 0.219. The number of ether oxygens (including phenoxy) is 2. The van der Waals surface area contributed by atoms with E-state index in [4.69, 9.17) is 9.47 Å². The molecule has 1 amide bonds. The average Bonchev–Trinajstić information content (AvgIpc) is 2.74. The molecule has 5 heteroatoms.